The minimum Gasteiger partial charge on any atom is -0.320 e. The number of benzene rings is 1. The molecule has 0 radical (unpaired) electrons. The van der Waals surface area contributed by atoms with E-state index >= 15 is 0 Å². The highest BCUT2D eigenvalue weighted by Gasteiger charge is 2.17. The Labute approximate surface area is 123 Å². The minimum absolute atomic E-state index is 0. The molecule has 0 aromatic heterocycles. The van der Waals surface area contributed by atoms with Crippen LogP contribution in [0.1, 0.15) is 12.0 Å². The van der Waals surface area contributed by atoms with Gasteiger partial charge in [-0.05, 0) is 54.5 Å². The Morgan fingerprint density at radius 1 is 1.28 bits per heavy atom. The van der Waals surface area contributed by atoms with Crippen molar-refractivity contribution in [1.82, 2.24) is 10.0 Å². The smallest absolute Gasteiger partial charge is 0.241 e. The second kappa shape index (κ2) is 8.12. The van der Waals surface area contributed by atoms with Crippen molar-refractivity contribution in [1.29, 1.82) is 0 Å². The zero-order valence-corrected chi connectivity index (χ0v) is 13.6. The lowest BCUT2D eigenvalue weighted by Gasteiger charge is -2.09. The van der Waals surface area contributed by atoms with E-state index in [-0.39, 0.29) is 12.4 Å². The van der Waals surface area contributed by atoms with Crippen LogP contribution in [-0.2, 0) is 10.0 Å². The molecule has 0 heterocycles. The third-order valence-electron chi connectivity index (χ3n) is 2.34. The molecule has 0 bridgehead atoms. The van der Waals surface area contributed by atoms with Gasteiger partial charge in [-0.15, -0.1) is 12.4 Å². The van der Waals surface area contributed by atoms with Crippen molar-refractivity contribution in [3.63, 3.8) is 0 Å². The Morgan fingerprint density at radius 2 is 1.94 bits per heavy atom. The maximum Gasteiger partial charge on any atom is 0.241 e. The lowest BCUT2D eigenvalue weighted by molar-refractivity contribution is 0.576. The van der Waals surface area contributed by atoms with Gasteiger partial charge in [-0.3, -0.25) is 0 Å². The summed E-state index contributed by atoms with van der Waals surface area (Å²) in [6.07, 6.45) is 0.763. The average Bonchev–Trinajstić information content (AvgIpc) is 2.28. The number of halogens is 2. The molecule has 0 saturated carbocycles. The number of nitrogens with one attached hydrogen (secondary N) is 2. The van der Waals surface area contributed by atoms with Crippen LogP contribution in [0.2, 0.25) is 0 Å². The monoisotopic (exact) mass is 356 g/mol. The topological polar surface area (TPSA) is 58.2 Å². The van der Waals surface area contributed by atoms with E-state index < -0.39 is 10.0 Å². The molecule has 7 heteroatoms. The SMILES string of the molecule is CNCCCNS(=O)(=O)c1cccc(C)c1Br.Cl. The molecule has 0 amide bonds. The first-order valence-electron chi connectivity index (χ1n) is 5.38. The highest BCUT2D eigenvalue weighted by Crippen LogP contribution is 2.24. The summed E-state index contributed by atoms with van der Waals surface area (Å²) >= 11 is 3.31. The van der Waals surface area contributed by atoms with Crippen LogP contribution < -0.4 is 10.0 Å². The van der Waals surface area contributed by atoms with E-state index in [0.29, 0.717) is 15.9 Å². The maximum atomic E-state index is 12.0. The second-order valence-corrected chi connectivity index (χ2v) is 6.27. The van der Waals surface area contributed by atoms with Crippen molar-refractivity contribution in [2.45, 2.75) is 18.2 Å². The molecule has 1 rings (SSSR count). The molecule has 18 heavy (non-hydrogen) atoms. The van der Waals surface area contributed by atoms with Crippen LogP contribution in [-0.4, -0.2) is 28.6 Å². The highest BCUT2D eigenvalue weighted by atomic mass is 79.9. The van der Waals surface area contributed by atoms with Gasteiger partial charge in [0.1, 0.15) is 0 Å². The zero-order chi connectivity index (χ0) is 12.9. The summed E-state index contributed by atoms with van der Waals surface area (Å²) in [5, 5.41) is 2.97. The van der Waals surface area contributed by atoms with Gasteiger partial charge < -0.3 is 5.32 Å². The maximum absolute atomic E-state index is 12.0. The molecule has 0 unspecified atom stereocenters. The van der Waals surface area contributed by atoms with Gasteiger partial charge in [0.25, 0.3) is 0 Å². The fraction of sp³-hybridized carbons (Fsp3) is 0.455. The average molecular weight is 358 g/mol. The van der Waals surface area contributed by atoms with Gasteiger partial charge in [-0.1, -0.05) is 12.1 Å². The molecule has 4 nitrogen and oxygen atoms in total. The Kier molecular flexibility index (Phi) is 8.05. The van der Waals surface area contributed by atoms with Crippen LogP contribution in [0.5, 0.6) is 0 Å². The lowest BCUT2D eigenvalue weighted by atomic mass is 10.2. The molecule has 104 valence electrons. The van der Waals surface area contributed by atoms with E-state index in [1.807, 2.05) is 20.0 Å². The summed E-state index contributed by atoms with van der Waals surface area (Å²) in [5.74, 6) is 0. The van der Waals surface area contributed by atoms with Crippen LogP contribution in [0.25, 0.3) is 0 Å². The van der Waals surface area contributed by atoms with Gasteiger partial charge in [0.2, 0.25) is 10.0 Å². The number of hydrogen-bond donors (Lipinski definition) is 2. The summed E-state index contributed by atoms with van der Waals surface area (Å²) < 4.78 is 27.2. The fourth-order valence-corrected chi connectivity index (χ4v) is 3.50. The largest absolute Gasteiger partial charge is 0.320 e. The summed E-state index contributed by atoms with van der Waals surface area (Å²) in [6.45, 7) is 3.09. The molecule has 0 fully saturated rings. The van der Waals surface area contributed by atoms with Crippen molar-refractivity contribution < 1.29 is 8.42 Å². The van der Waals surface area contributed by atoms with Crippen molar-refractivity contribution in [2.75, 3.05) is 20.1 Å². The van der Waals surface area contributed by atoms with Gasteiger partial charge in [-0.2, -0.15) is 0 Å². The molecule has 0 aliphatic carbocycles. The third kappa shape index (κ3) is 4.85. The first-order chi connectivity index (χ1) is 7.99. The summed E-state index contributed by atoms with van der Waals surface area (Å²) in [6, 6.07) is 5.20. The van der Waals surface area contributed by atoms with Gasteiger partial charge in [-0.25, -0.2) is 13.1 Å². The van der Waals surface area contributed by atoms with Crippen molar-refractivity contribution >= 4 is 38.4 Å². The molecule has 0 spiro atoms. The zero-order valence-electron chi connectivity index (χ0n) is 10.4. The van der Waals surface area contributed by atoms with E-state index in [2.05, 4.69) is 26.0 Å². The summed E-state index contributed by atoms with van der Waals surface area (Å²) in [5.41, 5.74) is 0.906. The fourth-order valence-electron chi connectivity index (χ4n) is 1.38. The Morgan fingerprint density at radius 3 is 2.56 bits per heavy atom. The summed E-state index contributed by atoms with van der Waals surface area (Å²) in [7, 11) is -1.58. The lowest BCUT2D eigenvalue weighted by Crippen LogP contribution is -2.27. The van der Waals surface area contributed by atoms with Crippen molar-refractivity contribution in [3.8, 4) is 0 Å². The molecule has 0 aliphatic rings. The molecule has 0 aliphatic heterocycles. The van der Waals surface area contributed by atoms with E-state index in [1.165, 1.54) is 0 Å². The van der Waals surface area contributed by atoms with Gasteiger partial charge in [0.15, 0.2) is 0 Å². The molecule has 0 atom stereocenters. The van der Waals surface area contributed by atoms with Gasteiger partial charge in [0, 0.05) is 11.0 Å². The number of aryl methyl sites for hydroxylation is 1. The van der Waals surface area contributed by atoms with E-state index in [4.69, 9.17) is 0 Å². The first-order valence-corrected chi connectivity index (χ1v) is 7.66. The van der Waals surface area contributed by atoms with E-state index in [9.17, 15) is 8.42 Å². The minimum atomic E-state index is -3.42. The van der Waals surface area contributed by atoms with Gasteiger partial charge >= 0.3 is 0 Å². The molecule has 1 aromatic carbocycles. The van der Waals surface area contributed by atoms with Crippen LogP contribution in [0.3, 0.4) is 0 Å². The Hall–Kier alpha value is -0.140. The van der Waals surface area contributed by atoms with E-state index in [1.54, 1.807) is 12.1 Å². The third-order valence-corrected chi connectivity index (χ3v) is 5.16. The van der Waals surface area contributed by atoms with Crippen molar-refractivity contribution in [3.05, 3.63) is 28.2 Å². The second-order valence-electron chi connectivity index (χ2n) is 3.74. The van der Waals surface area contributed by atoms with Crippen LogP contribution in [0, 0.1) is 6.92 Å². The number of hydrogen-bond acceptors (Lipinski definition) is 3. The van der Waals surface area contributed by atoms with Crippen LogP contribution >= 0.6 is 28.3 Å². The quantitative estimate of drug-likeness (QED) is 0.766. The summed E-state index contributed by atoms with van der Waals surface area (Å²) in [4.78, 5) is 0.293. The predicted molar refractivity (Wildman–Crippen MR) is 79.9 cm³/mol. The van der Waals surface area contributed by atoms with Gasteiger partial charge in [0.05, 0.1) is 4.90 Å². The number of rotatable bonds is 6. The predicted octanol–water partition coefficient (Wildman–Crippen LogP) is 2.07. The Bertz CT molecular complexity index is 480. The highest BCUT2D eigenvalue weighted by molar-refractivity contribution is 9.10. The molecule has 2 N–H and O–H groups in total. The van der Waals surface area contributed by atoms with Crippen LogP contribution in [0.4, 0.5) is 0 Å². The normalized spacial score (nSPS) is 11.1. The number of sulfonamides is 1. The molecule has 1 aromatic rings. The molecular weight excluding hydrogens is 340 g/mol. The van der Waals surface area contributed by atoms with Crippen molar-refractivity contribution in [2.24, 2.45) is 0 Å². The van der Waals surface area contributed by atoms with Crippen LogP contribution in [0.15, 0.2) is 27.6 Å². The molecule has 0 saturated heterocycles. The van der Waals surface area contributed by atoms with E-state index in [0.717, 1.165) is 18.5 Å². The molecular formula is C11H18BrClN2O2S. The first kappa shape index (κ1) is 17.9. The standard InChI is InChI=1S/C11H17BrN2O2S.ClH/c1-9-5-3-6-10(11(9)12)17(15,16)14-8-4-7-13-2;/h3,5-6,13-14H,4,7-8H2,1-2H3;1H. The Balaban J connectivity index is 0.00000289.